The highest BCUT2D eigenvalue weighted by atomic mass is 15.1. The van der Waals surface area contributed by atoms with Gasteiger partial charge in [-0.2, -0.15) is 0 Å². The second-order valence-corrected chi connectivity index (χ2v) is 31.4. The molecule has 0 spiro atoms. The second-order valence-electron chi connectivity index (χ2n) is 31.4. The minimum atomic E-state index is 0.490. The first-order valence-corrected chi connectivity index (χ1v) is 43.1. The van der Waals surface area contributed by atoms with Gasteiger partial charge in [-0.1, -0.05) is 249 Å². The molecule has 0 unspecified atom stereocenters. The lowest BCUT2D eigenvalue weighted by Gasteiger charge is -2.14. The van der Waals surface area contributed by atoms with Crippen molar-refractivity contribution in [1.29, 1.82) is 0 Å². The molecule has 0 aliphatic heterocycles. The van der Waals surface area contributed by atoms with Gasteiger partial charge < -0.3 is 0 Å². The number of rotatable bonds is 15. The van der Waals surface area contributed by atoms with Crippen molar-refractivity contribution in [3.8, 4) is 170 Å². The highest BCUT2D eigenvalue weighted by Crippen LogP contribution is 2.43. The Morgan fingerprint density at radius 2 is 0.424 bits per heavy atom. The summed E-state index contributed by atoms with van der Waals surface area (Å²) in [7, 11) is 0. The van der Waals surface area contributed by atoms with Gasteiger partial charge in [-0.05, 0) is 193 Å². The van der Waals surface area contributed by atoms with E-state index in [0.717, 1.165) is 139 Å². The van der Waals surface area contributed by atoms with Crippen LogP contribution in [0.5, 0.6) is 0 Å². The van der Waals surface area contributed by atoms with Crippen LogP contribution >= 0.6 is 0 Å². The van der Waals surface area contributed by atoms with Crippen molar-refractivity contribution in [3.63, 3.8) is 0 Å². The van der Waals surface area contributed by atoms with Crippen molar-refractivity contribution in [2.75, 3.05) is 0 Å². The van der Waals surface area contributed by atoms with Crippen molar-refractivity contribution in [2.24, 2.45) is 0 Å². The van der Waals surface area contributed by atoms with E-state index in [2.05, 4.69) is 266 Å². The number of benzene rings is 12. The van der Waals surface area contributed by atoms with E-state index in [1.165, 1.54) is 32.3 Å². The van der Waals surface area contributed by atoms with Crippen molar-refractivity contribution < 1.29 is 0 Å². The van der Waals surface area contributed by atoms with Crippen LogP contribution in [-0.4, -0.2) is 89.7 Å². The standard InChI is InChI=1S/3C38H24N6/c1-2-9-25(10-3-1)32-22-34(41-33-18-17-26-11-4-5-16-31(26)35(32)33)27-12-6-13-28(21-27)36-42-37(29-14-7-19-39-23-29)44-38(43-36)30-15-8-20-40-24-30;1-2-11-25(12-3-1)30-24-34(41-31-20-19-26-13-4-5-16-29(26)35(30)31)27-14-10-15-28(23-27)36-42-37(32-17-6-8-21-39-32)44-38(43-36)33-18-7-9-22-40-33;1-2-7-25(8-3-1)32-24-34(41-33-14-13-26-9-4-5-12-31(26)35(32)33)29-10-6-11-30(23-29)38-43-36(27-15-19-39-20-16-27)42-37(44-38)28-17-21-40-22-18-28/h3*1-24H. The third-order valence-electron chi connectivity index (χ3n) is 23.0. The molecule has 0 saturated carbocycles. The van der Waals surface area contributed by atoms with Gasteiger partial charge in [0.1, 0.15) is 11.4 Å². The predicted octanol–water partition coefficient (Wildman–Crippen LogP) is 26.1. The average Bonchev–Trinajstić information content (AvgIpc) is 0.431. The van der Waals surface area contributed by atoms with Crippen LogP contribution in [0.3, 0.4) is 0 Å². The Morgan fingerprint density at radius 1 is 0.144 bits per heavy atom. The summed E-state index contributed by atoms with van der Waals surface area (Å²) in [5.41, 5.74) is 22.5. The smallest absolute Gasteiger partial charge is 0.182 e. The zero-order chi connectivity index (χ0) is 87.9. The van der Waals surface area contributed by atoms with Gasteiger partial charge >= 0.3 is 0 Å². The molecular weight excluding hydrogens is 1620 g/mol. The molecule has 132 heavy (non-hydrogen) atoms. The molecule has 618 valence electrons. The molecule has 0 bridgehead atoms. The van der Waals surface area contributed by atoms with Crippen molar-refractivity contribution in [1.82, 2.24) is 89.7 Å². The molecule has 24 aromatic rings. The van der Waals surface area contributed by atoms with Crippen LogP contribution in [0.25, 0.3) is 235 Å². The van der Waals surface area contributed by atoms with E-state index in [4.69, 9.17) is 59.8 Å². The summed E-state index contributed by atoms with van der Waals surface area (Å²) in [6.45, 7) is 0. The molecule has 24 rings (SSSR count). The van der Waals surface area contributed by atoms with E-state index in [1.807, 2.05) is 140 Å². The third-order valence-corrected chi connectivity index (χ3v) is 23.0. The van der Waals surface area contributed by atoms with E-state index in [9.17, 15) is 0 Å². The highest BCUT2D eigenvalue weighted by molar-refractivity contribution is 6.16. The van der Waals surface area contributed by atoms with Gasteiger partial charge in [0, 0.05) is 134 Å². The van der Waals surface area contributed by atoms with Crippen LogP contribution in [0.15, 0.2) is 438 Å². The summed E-state index contributed by atoms with van der Waals surface area (Å²) >= 11 is 0. The fourth-order valence-electron chi connectivity index (χ4n) is 16.7. The summed E-state index contributed by atoms with van der Waals surface area (Å²) in [4.78, 5) is 84.9. The van der Waals surface area contributed by atoms with Crippen molar-refractivity contribution in [3.05, 3.63) is 438 Å². The maximum Gasteiger partial charge on any atom is 0.182 e. The van der Waals surface area contributed by atoms with Crippen LogP contribution in [-0.2, 0) is 0 Å². The zero-order valence-electron chi connectivity index (χ0n) is 70.6. The molecule has 18 nitrogen and oxygen atoms in total. The van der Waals surface area contributed by atoms with Crippen LogP contribution in [0, 0.1) is 0 Å². The summed E-state index contributed by atoms with van der Waals surface area (Å²) in [5, 5.41) is 10.6. The number of pyridine rings is 9. The summed E-state index contributed by atoms with van der Waals surface area (Å²) in [5.74, 6) is 4.92. The molecule has 0 aliphatic rings. The van der Waals surface area contributed by atoms with E-state index in [-0.39, 0.29) is 0 Å². The number of hydrogen-bond acceptors (Lipinski definition) is 18. The largest absolute Gasteiger partial charge is 0.265 e. The van der Waals surface area contributed by atoms with Crippen molar-refractivity contribution in [2.45, 2.75) is 0 Å². The molecule has 0 fully saturated rings. The Kier molecular flexibility index (Phi) is 21.6. The lowest BCUT2D eigenvalue weighted by Crippen LogP contribution is -2.02. The molecule has 12 aromatic heterocycles. The normalized spacial score (nSPS) is 11.2. The zero-order valence-corrected chi connectivity index (χ0v) is 70.6. The van der Waals surface area contributed by atoms with Crippen LogP contribution in [0.4, 0.5) is 0 Å². The molecule has 0 aliphatic carbocycles. The Bertz CT molecular complexity index is 7420. The lowest BCUT2D eigenvalue weighted by molar-refractivity contribution is 1.05. The van der Waals surface area contributed by atoms with Gasteiger partial charge in [0.05, 0.1) is 33.6 Å². The highest BCUT2D eigenvalue weighted by Gasteiger charge is 2.23. The van der Waals surface area contributed by atoms with Crippen LogP contribution < -0.4 is 0 Å². The predicted molar refractivity (Wildman–Crippen MR) is 526 cm³/mol. The molecule has 12 aromatic carbocycles. The monoisotopic (exact) mass is 1690 g/mol. The second kappa shape index (κ2) is 35.9. The van der Waals surface area contributed by atoms with Crippen LogP contribution in [0.1, 0.15) is 0 Å². The van der Waals surface area contributed by atoms with Gasteiger partial charge in [0.2, 0.25) is 0 Å². The van der Waals surface area contributed by atoms with Crippen LogP contribution in [0.2, 0.25) is 0 Å². The van der Waals surface area contributed by atoms with Gasteiger partial charge in [-0.15, -0.1) is 0 Å². The van der Waals surface area contributed by atoms with Gasteiger partial charge in [0.15, 0.2) is 52.4 Å². The maximum atomic E-state index is 5.18. The minimum Gasteiger partial charge on any atom is -0.265 e. The lowest BCUT2D eigenvalue weighted by atomic mass is 9.94. The molecule has 0 N–H and O–H groups in total. The van der Waals surface area contributed by atoms with E-state index < -0.39 is 0 Å². The number of hydrogen-bond donors (Lipinski definition) is 0. The van der Waals surface area contributed by atoms with E-state index in [1.54, 1.807) is 62.0 Å². The quantitative estimate of drug-likeness (QED) is 0.0868. The molecular formula is C114H72N18. The number of aromatic nitrogens is 18. The molecule has 0 amide bonds. The third kappa shape index (κ3) is 16.5. The number of nitrogens with zero attached hydrogens (tertiary/aromatic N) is 18. The van der Waals surface area contributed by atoms with Gasteiger partial charge in [-0.3, -0.25) is 29.9 Å². The fourth-order valence-corrected chi connectivity index (χ4v) is 16.7. The first kappa shape index (κ1) is 79.5. The summed E-state index contributed by atoms with van der Waals surface area (Å²) < 4.78 is 0. The summed E-state index contributed by atoms with van der Waals surface area (Å²) in [6, 6.07) is 128. The molecule has 12 heterocycles. The topological polar surface area (TPSA) is 232 Å². The Hall–Kier alpha value is -18.4. The fraction of sp³-hybridized carbons (Fsp3) is 0. The Balaban J connectivity index is 0.000000116. The number of fused-ring (bicyclic) bond motifs is 9. The summed E-state index contributed by atoms with van der Waals surface area (Å²) in [6.07, 6.45) is 17.4. The molecule has 0 atom stereocenters. The molecule has 0 radical (unpaired) electrons. The molecule has 0 saturated heterocycles. The first-order chi connectivity index (χ1) is 65.4. The van der Waals surface area contributed by atoms with E-state index in [0.29, 0.717) is 63.8 Å². The minimum absolute atomic E-state index is 0.490. The van der Waals surface area contributed by atoms with E-state index >= 15 is 0 Å². The van der Waals surface area contributed by atoms with Crippen molar-refractivity contribution >= 4 is 65.0 Å². The van der Waals surface area contributed by atoms with Gasteiger partial charge in [-0.25, -0.2) is 59.8 Å². The first-order valence-electron chi connectivity index (χ1n) is 43.1. The van der Waals surface area contributed by atoms with Gasteiger partial charge in [0.25, 0.3) is 0 Å². The Labute approximate surface area is 757 Å². The molecule has 18 heteroatoms. The average molecular weight is 1690 g/mol. The Morgan fingerprint density at radius 3 is 0.750 bits per heavy atom. The maximum absolute atomic E-state index is 5.18. The SMILES string of the molecule is c1ccc(-c2cc(-c3cccc(-c4nc(-c5ccccn5)nc(-c5ccccn5)n4)c3)nc3ccc4ccccc4c23)cc1.c1ccc(-c2cc(-c3cccc(-c4nc(-c5cccnc5)nc(-c5cccnc5)n4)c3)nc3ccc4ccccc4c23)cc1.c1ccc(-c2cc(-c3cccc(-c4nc(-c5ccncc5)nc(-c5ccncc5)n4)c3)nc3ccc4ccccc4c23)cc1.